The predicted octanol–water partition coefficient (Wildman–Crippen LogP) is 2.16. The Balaban J connectivity index is 1.46. The molecule has 1 saturated carbocycles. The number of benzene rings is 1. The summed E-state index contributed by atoms with van der Waals surface area (Å²) in [6.07, 6.45) is 3.68. The fraction of sp³-hybridized carbons (Fsp3) is 0.611. The molecular formula is C18H27N3O2. The lowest BCUT2D eigenvalue weighted by molar-refractivity contribution is 0.0387. The van der Waals surface area contributed by atoms with Gasteiger partial charge in [0.15, 0.2) is 0 Å². The van der Waals surface area contributed by atoms with Crippen LogP contribution in [0.1, 0.15) is 30.9 Å². The van der Waals surface area contributed by atoms with Crippen LogP contribution in [0.3, 0.4) is 0 Å². The Morgan fingerprint density at radius 1 is 1.22 bits per heavy atom. The van der Waals surface area contributed by atoms with Crippen LogP contribution in [0.15, 0.2) is 30.3 Å². The molecule has 1 heterocycles. The minimum Gasteiger partial charge on any atom is -0.379 e. The van der Waals surface area contributed by atoms with Gasteiger partial charge in [-0.2, -0.15) is 0 Å². The van der Waals surface area contributed by atoms with Crippen LogP contribution in [0.25, 0.3) is 0 Å². The summed E-state index contributed by atoms with van der Waals surface area (Å²) in [4.78, 5) is 14.6. The smallest absolute Gasteiger partial charge is 0.315 e. The van der Waals surface area contributed by atoms with E-state index in [0.29, 0.717) is 12.5 Å². The summed E-state index contributed by atoms with van der Waals surface area (Å²) >= 11 is 0. The first-order valence-electron chi connectivity index (χ1n) is 8.72. The van der Waals surface area contributed by atoms with Crippen molar-refractivity contribution >= 4 is 6.03 Å². The number of hydrogen-bond donors (Lipinski definition) is 2. The molecule has 3 rings (SSSR count). The monoisotopic (exact) mass is 317 g/mol. The third-order valence-corrected chi connectivity index (χ3v) is 4.88. The van der Waals surface area contributed by atoms with Crippen molar-refractivity contribution in [3.05, 3.63) is 35.9 Å². The topological polar surface area (TPSA) is 53.6 Å². The van der Waals surface area contributed by atoms with Gasteiger partial charge in [0.25, 0.3) is 0 Å². The molecule has 0 spiro atoms. The van der Waals surface area contributed by atoms with Crippen LogP contribution in [0.5, 0.6) is 0 Å². The van der Waals surface area contributed by atoms with Crippen LogP contribution in [0, 0.1) is 5.92 Å². The molecular weight excluding hydrogens is 290 g/mol. The zero-order chi connectivity index (χ0) is 15.9. The van der Waals surface area contributed by atoms with Gasteiger partial charge in [0.05, 0.1) is 19.3 Å². The first-order chi connectivity index (χ1) is 11.3. The predicted molar refractivity (Wildman–Crippen MR) is 90.3 cm³/mol. The van der Waals surface area contributed by atoms with Crippen LogP contribution in [0.2, 0.25) is 0 Å². The number of nitrogens with one attached hydrogen (secondary N) is 2. The second-order valence-electron chi connectivity index (χ2n) is 6.43. The van der Waals surface area contributed by atoms with Gasteiger partial charge in [-0.05, 0) is 24.3 Å². The number of nitrogens with zero attached hydrogens (tertiary/aromatic N) is 1. The van der Waals surface area contributed by atoms with E-state index in [4.69, 9.17) is 4.74 Å². The van der Waals surface area contributed by atoms with E-state index >= 15 is 0 Å². The van der Waals surface area contributed by atoms with Crippen molar-refractivity contribution in [2.24, 2.45) is 5.92 Å². The molecule has 1 aromatic rings. The second-order valence-corrected chi connectivity index (χ2v) is 6.43. The van der Waals surface area contributed by atoms with Gasteiger partial charge in [0.1, 0.15) is 0 Å². The van der Waals surface area contributed by atoms with Gasteiger partial charge in [-0.1, -0.05) is 36.8 Å². The zero-order valence-corrected chi connectivity index (χ0v) is 13.7. The van der Waals surface area contributed by atoms with Crippen molar-refractivity contribution in [3.63, 3.8) is 0 Å². The normalized spacial score (nSPS) is 20.5. The van der Waals surface area contributed by atoms with Crippen molar-refractivity contribution < 1.29 is 9.53 Å². The highest BCUT2D eigenvalue weighted by Crippen LogP contribution is 2.37. The van der Waals surface area contributed by atoms with Crippen molar-refractivity contribution in [2.75, 3.05) is 39.4 Å². The number of rotatable bonds is 6. The van der Waals surface area contributed by atoms with Crippen LogP contribution in [0.4, 0.5) is 4.79 Å². The summed E-state index contributed by atoms with van der Waals surface area (Å²) in [5, 5.41) is 6.18. The van der Waals surface area contributed by atoms with Crippen molar-refractivity contribution in [1.29, 1.82) is 0 Å². The minimum atomic E-state index is -0.0565. The van der Waals surface area contributed by atoms with Gasteiger partial charge in [0, 0.05) is 26.2 Å². The lowest BCUT2D eigenvalue weighted by Crippen LogP contribution is -2.46. The van der Waals surface area contributed by atoms with E-state index in [0.717, 1.165) is 32.8 Å². The molecule has 1 aromatic carbocycles. The first kappa shape index (κ1) is 16.3. The average molecular weight is 317 g/mol. The highest BCUT2D eigenvalue weighted by Gasteiger charge is 2.29. The van der Waals surface area contributed by atoms with E-state index in [2.05, 4.69) is 27.7 Å². The highest BCUT2D eigenvalue weighted by molar-refractivity contribution is 5.74. The summed E-state index contributed by atoms with van der Waals surface area (Å²) < 4.78 is 5.33. The van der Waals surface area contributed by atoms with Gasteiger partial charge in [-0.15, -0.1) is 0 Å². The van der Waals surface area contributed by atoms with Gasteiger partial charge in [0.2, 0.25) is 0 Å². The standard InChI is InChI=1S/C18H27N3O2/c22-18(19-9-10-21-11-13-23-14-12-21)20-17(16-7-4-8-16)15-5-2-1-3-6-15/h1-3,5-6,16-17H,4,7-14H2,(H2,19,20,22). The maximum Gasteiger partial charge on any atom is 0.315 e. The number of carbonyl (C=O) groups is 1. The number of hydrogen-bond acceptors (Lipinski definition) is 3. The molecule has 2 fully saturated rings. The van der Waals surface area contributed by atoms with Crippen molar-refractivity contribution in [2.45, 2.75) is 25.3 Å². The number of ether oxygens (including phenoxy) is 1. The van der Waals surface area contributed by atoms with Gasteiger partial charge in [-0.3, -0.25) is 4.90 Å². The fourth-order valence-corrected chi connectivity index (χ4v) is 3.25. The lowest BCUT2D eigenvalue weighted by Gasteiger charge is -2.34. The SMILES string of the molecule is O=C(NCCN1CCOCC1)NC(c1ccccc1)C1CCC1. The Morgan fingerprint density at radius 2 is 1.96 bits per heavy atom. The molecule has 1 unspecified atom stereocenters. The quantitative estimate of drug-likeness (QED) is 0.845. The maximum absolute atomic E-state index is 12.2. The largest absolute Gasteiger partial charge is 0.379 e. The minimum absolute atomic E-state index is 0.0565. The van der Waals surface area contributed by atoms with Gasteiger partial charge >= 0.3 is 6.03 Å². The van der Waals surface area contributed by atoms with E-state index in [-0.39, 0.29) is 12.1 Å². The van der Waals surface area contributed by atoms with E-state index < -0.39 is 0 Å². The van der Waals surface area contributed by atoms with Crippen LogP contribution in [-0.2, 0) is 4.74 Å². The second kappa shape index (κ2) is 8.31. The van der Waals surface area contributed by atoms with Crippen molar-refractivity contribution in [3.8, 4) is 0 Å². The molecule has 5 nitrogen and oxygen atoms in total. The Morgan fingerprint density at radius 3 is 2.61 bits per heavy atom. The zero-order valence-electron chi connectivity index (χ0n) is 13.7. The molecule has 1 aliphatic carbocycles. The van der Waals surface area contributed by atoms with Crippen molar-refractivity contribution in [1.82, 2.24) is 15.5 Å². The molecule has 2 N–H and O–H groups in total. The Kier molecular flexibility index (Phi) is 5.88. The van der Waals surface area contributed by atoms with E-state index in [1.807, 2.05) is 18.2 Å². The molecule has 0 bridgehead atoms. The summed E-state index contributed by atoms with van der Waals surface area (Å²) in [7, 11) is 0. The highest BCUT2D eigenvalue weighted by atomic mass is 16.5. The Hall–Kier alpha value is -1.59. The molecule has 0 aromatic heterocycles. The Labute approximate surface area is 138 Å². The molecule has 2 aliphatic rings. The van der Waals surface area contributed by atoms with E-state index in [1.165, 1.54) is 24.8 Å². The number of morpholine rings is 1. The number of urea groups is 1. The van der Waals surface area contributed by atoms with Gasteiger partial charge in [-0.25, -0.2) is 4.79 Å². The van der Waals surface area contributed by atoms with Crippen LogP contribution < -0.4 is 10.6 Å². The fourth-order valence-electron chi connectivity index (χ4n) is 3.25. The van der Waals surface area contributed by atoms with Crippen LogP contribution in [-0.4, -0.2) is 50.3 Å². The molecule has 126 valence electrons. The van der Waals surface area contributed by atoms with E-state index in [9.17, 15) is 4.79 Å². The summed E-state index contributed by atoms with van der Waals surface area (Å²) in [6.45, 7) is 5.07. The Bertz CT molecular complexity index is 484. The average Bonchev–Trinajstić information content (AvgIpc) is 2.54. The third kappa shape index (κ3) is 4.69. The number of carbonyl (C=O) groups excluding carboxylic acids is 1. The number of amides is 2. The molecule has 1 saturated heterocycles. The molecule has 2 amide bonds. The third-order valence-electron chi connectivity index (χ3n) is 4.88. The molecule has 0 radical (unpaired) electrons. The molecule has 1 atom stereocenters. The van der Waals surface area contributed by atoms with Gasteiger partial charge < -0.3 is 15.4 Å². The summed E-state index contributed by atoms with van der Waals surface area (Å²) in [5.74, 6) is 0.572. The lowest BCUT2D eigenvalue weighted by atomic mass is 9.77. The summed E-state index contributed by atoms with van der Waals surface area (Å²) in [5.41, 5.74) is 1.21. The molecule has 1 aliphatic heterocycles. The molecule has 23 heavy (non-hydrogen) atoms. The van der Waals surface area contributed by atoms with Crippen LogP contribution >= 0.6 is 0 Å². The first-order valence-corrected chi connectivity index (χ1v) is 8.72. The summed E-state index contributed by atoms with van der Waals surface area (Å²) in [6, 6.07) is 10.4. The maximum atomic E-state index is 12.2. The molecule has 5 heteroatoms. The van der Waals surface area contributed by atoms with E-state index in [1.54, 1.807) is 0 Å².